The zero-order valence-corrected chi connectivity index (χ0v) is 19.3. The van der Waals surface area contributed by atoms with E-state index in [1.54, 1.807) is 0 Å². The normalized spacial score (nSPS) is 18.9. The maximum Gasteiger partial charge on any atom is -0.0279 e. The summed E-state index contributed by atoms with van der Waals surface area (Å²) in [6, 6.07) is 19.0. The predicted octanol–water partition coefficient (Wildman–Crippen LogP) is 9.03. The van der Waals surface area contributed by atoms with E-state index in [0.717, 1.165) is 0 Å². The summed E-state index contributed by atoms with van der Waals surface area (Å²) in [7, 11) is 0. The van der Waals surface area contributed by atoms with Crippen LogP contribution in [0.25, 0.3) is 0 Å². The van der Waals surface area contributed by atoms with Crippen molar-refractivity contribution >= 4 is 0 Å². The molecule has 0 aliphatic heterocycles. The first-order valence-corrected chi connectivity index (χ1v) is 13.1. The standard InChI is InChI=1S/C30H44/c1-3-7-11-15-27-19-23-29(24-20-27)17-13-9-5-2-6-10-14-18-30-25-21-28(22-26-30)16-12-8-4-1/h19-26H,1-18H2. The molecule has 0 atom stereocenters. The number of hydrogen-bond donors (Lipinski definition) is 0. The summed E-state index contributed by atoms with van der Waals surface area (Å²) in [5.74, 6) is 0. The molecule has 4 bridgehead atoms. The van der Waals surface area contributed by atoms with Gasteiger partial charge in [0, 0.05) is 0 Å². The maximum atomic E-state index is 2.38. The highest BCUT2D eigenvalue weighted by molar-refractivity contribution is 5.23. The first-order chi connectivity index (χ1) is 14.9. The zero-order valence-electron chi connectivity index (χ0n) is 19.3. The zero-order chi connectivity index (χ0) is 20.7. The van der Waals surface area contributed by atoms with Crippen LogP contribution in [0.5, 0.6) is 0 Å². The molecule has 0 aromatic heterocycles. The van der Waals surface area contributed by atoms with Crippen LogP contribution in [0.2, 0.25) is 0 Å². The van der Waals surface area contributed by atoms with Gasteiger partial charge in [0.05, 0.1) is 0 Å². The fraction of sp³-hybridized carbons (Fsp3) is 0.600. The lowest BCUT2D eigenvalue weighted by atomic mass is 9.99. The average molecular weight is 405 g/mol. The van der Waals surface area contributed by atoms with Crippen molar-refractivity contribution < 1.29 is 0 Å². The Bertz CT molecular complexity index is 545. The molecule has 0 unspecified atom stereocenters. The molecule has 2 aromatic carbocycles. The second-order valence-electron chi connectivity index (χ2n) is 9.58. The fourth-order valence-corrected chi connectivity index (χ4v) is 4.83. The van der Waals surface area contributed by atoms with Gasteiger partial charge in [-0.1, -0.05) is 113 Å². The van der Waals surface area contributed by atoms with Crippen LogP contribution in [0.3, 0.4) is 0 Å². The van der Waals surface area contributed by atoms with Crippen LogP contribution < -0.4 is 0 Å². The molecule has 4 aliphatic rings. The molecule has 0 heteroatoms. The van der Waals surface area contributed by atoms with E-state index < -0.39 is 0 Å². The quantitative estimate of drug-likeness (QED) is 0.411. The number of rotatable bonds is 0. The molecule has 0 heterocycles. The van der Waals surface area contributed by atoms with Crippen LogP contribution >= 0.6 is 0 Å². The highest BCUT2D eigenvalue weighted by Gasteiger charge is 2.00. The molecule has 0 fully saturated rings. The molecular formula is C30H44. The summed E-state index contributed by atoms with van der Waals surface area (Å²) in [6.45, 7) is 0. The second-order valence-corrected chi connectivity index (χ2v) is 9.58. The summed E-state index contributed by atoms with van der Waals surface area (Å²) < 4.78 is 0. The Balaban J connectivity index is 1.42. The third kappa shape index (κ3) is 9.50. The molecule has 0 saturated heterocycles. The van der Waals surface area contributed by atoms with Gasteiger partial charge in [0.25, 0.3) is 0 Å². The Kier molecular flexibility index (Phi) is 11.1. The lowest BCUT2D eigenvalue weighted by Crippen LogP contribution is -1.91. The third-order valence-electron chi connectivity index (χ3n) is 6.91. The van der Waals surface area contributed by atoms with Gasteiger partial charge in [-0.2, -0.15) is 0 Å². The van der Waals surface area contributed by atoms with E-state index in [2.05, 4.69) is 48.5 Å². The van der Waals surface area contributed by atoms with Gasteiger partial charge in [0.2, 0.25) is 0 Å². The fourth-order valence-electron chi connectivity index (χ4n) is 4.83. The first kappa shape index (κ1) is 23.1. The molecule has 4 aliphatic carbocycles. The minimum atomic E-state index is 1.26. The molecule has 0 amide bonds. The highest BCUT2D eigenvalue weighted by Crippen LogP contribution is 2.16. The summed E-state index contributed by atoms with van der Waals surface area (Å²) in [6.07, 6.45) is 24.5. The van der Waals surface area contributed by atoms with Gasteiger partial charge < -0.3 is 0 Å². The highest BCUT2D eigenvalue weighted by atomic mass is 14.1. The van der Waals surface area contributed by atoms with Crippen LogP contribution in [-0.2, 0) is 25.7 Å². The molecule has 164 valence electrons. The van der Waals surface area contributed by atoms with Crippen molar-refractivity contribution in [3.05, 3.63) is 70.8 Å². The van der Waals surface area contributed by atoms with Crippen molar-refractivity contribution in [3.8, 4) is 0 Å². The van der Waals surface area contributed by atoms with Gasteiger partial charge in [-0.25, -0.2) is 0 Å². The number of benzene rings is 2. The van der Waals surface area contributed by atoms with E-state index in [1.165, 1.54) is 138 Å². The van der Waals surface area contributed by atoms with Crippen molar-refractivity contribution in [2.24, 2.45) is 0 Å². The molecule has 0 nitrogen and oxygen atoms in total. The molecule has 6 rings (SSSR count). The van der Waals surface area contributed by atoms with Crippen molar-refractivity contribution in [3.63, 3.8) is 0 Å². The topological polar surface area (TPSA) is 0 Å². The minimum absolute atomic E-state index is 1.26. The SMILES string of the molecule is c1cc2ccc1CCCCCCCCCc1ccc(cc1)CCCCCCCCC2. The molecule has 0 saturated carbocycles. The first-order valence-electron chi connectivity index (χ1n) is 13.1. The van der Waals surface area contributed by atoms with Gasteiger partial charge in [-0.15, -0.1) is 0 Å². The van der Waals surface area contributed by atoms with Gasteiger partial charge >= 0.3 is 0 Å². The van der Waals surface area contributed by atoms with Crippen molar-refractivity contribution in [2.45, 2.75) is 116 Å². The Morgan fingerprint density at radius 1 is 0.233 bits per heavy atom. The monoisotopic (exact) mass is 404 g/mol. The van der Waals surface area contributed by atoms with E-state index in [1.807, 2.05) is 0 Å². The van der Waals surface area contributed by atoms with Gasteiger partial charge in [0.1, 0.15) is 0 Å². The Labute approximate surface area is 186 Å². The maximum absolute atomic E-state index is 2.38. The largest absolute Gasteiger partial charge is 0.0588 e. The van der Waals surface area contributed by atoms with Crippen LogP contribution in [0.15, 0.2) is 48.5 Å². The Hall–Kier alpha value is -1.56. The third-order valence-corrected chi connectivity index (χ3v) is 6.91. The molecule has 0 N–H and O–H groups in total. The van der Waals surface area contributed by atoms with Gasteiger partial charge in [-0.05, 0) is 73.6 Å². The summed E-state index contributed by atoms with van der Waals surface area (Å²) in [5, 5.41) is 0. The smallest absolute Gasteiger partial charge is 0.0279 e. The van der Waals surface area contributed by atoms with Gasteiger partial charge in [-0.3, -0.25) is 0 Å². The predicted molar refractivity (Wildman–Crippen MR) is 132 cm³/mol. The van der Waals surface area contributed by atoms with Crippen LogP contribution in [0.4, 0.5) is 0 Å². The van der Waals surface area contributed by atoms with E-state index in [-0.39, 0.29) is 0 Å². The molecule has 30 heavy (non-hydrogen) atoms. The Morgan fingerprint density at radius 3 is 0.600 bits per heavy atom. The molecule has 0 radical (unpaired) electrons. The number of aryl methyl sites for hydroxylation is 4. The van der Waals surface area contributed by atoms with E-state index in [4.69, 9.17) is 0 Å². The summed E-state index contributed by atoms with van der Waals surface area (Å²) >= 11 is 0. The molecular weight excluding hydrogens is 360 g/mol. The lowest BCUT2D eigenvalue weighted by Gasteiger charge is -2.07. The van der Waals surface area contributed by atoms with Crippen molar-refractivity contribution in [1.29, 1.82) is 0 Å². The average Bonchev–Trinajstić information content (AvgIpc) is 2.78. The Morgan fingerprint density at radius 2 is 0.400 bits per heavy atom. The summed E-state index contributed by atoms with van der Waals surface area (Å²) in [5.41, 5.74) is 6.13. The number of hydrogen-bond acceptors (Lipinski definition) is 0. The van der Waals surface area contributed by atoms with Crippen LogP contribution in [0.1, 0.15) is 112 Å². The molecule has 0 spiro atoms. The second kappa shape index (κ2) is 14.4. The minimum Gasteiger partial charge on any atom is -0.0588 e. The van der Waals surface area contributed by atoms with Crippen LogP contribution in [-0.4, -0.2) is 0 Å². The van der Waals surface area contributed by atoms with E-state index in [9.17, 15) is 0 Å². The summed E-state index contributed by atoms with van der Waals surface area (Å²) in [4.78, 5) is 0. The van der Waals surface area contributed by atoms with Gasteiger partial charge in [0.15, 0.2) is 0 Å². The van der Waals surface area contributed by atoms with E-state index >= 15 is 0 Å². The van der Waals surface area contributed by atoms with Crippen molar-refractivity contribution in [2.75, 3.05) is 0 Å². The molecule has 2 aromatic rings. The van der Waals surface area contributed by atoms with E-state index in [0.29, 0.717) is 0 Å². The van der Waals surface area contributed by atoms with Crippen LogP contribution in [0, 0.1) is 0 Å². The lowest BCUT2D eigenvalue weighted by molar-refractivity contribution is 0.577. The van der Waals surface area contributed by atoms with Crippen molar-refractivity contribution in [1.82, 2.24) is 0 Å².